The number of thiazole rings is 1. The molecule has 0 unspecified atom stereocenters. The minimum Gasteiger partial charge on any atom is -0.476 e. The Bertz CT molecular complexity index is 492. The van der Waals surface area contributed by atoms with Crippen molar-refractivity contribution in [3.8, 4) is 0 Å². The van der Waals surface area contributed by atoms with E-state index in [1.54, 1.807) is 0 Å². The van der Waals surface area contributed by atoms with Crippen LogP contribution in [0.3, 0.4) is 0 Å². The maximum absolute atomic E-state index is 11.0. The number of aliphatic carboxylic acids is 1. The van der Waals surface area contributed by atoms with Crippen LogP contribution in [0, 0.1) is 0 Å². The maximum Gasteiger partial charge on any atom is 0.360 e. The first-order valence-electron chi connectivity index (χ1n) is 4.89. The Morgan fingerprint density at radius 3 is 2.84 bits per heavy atom. The van der Waals surface area contributed by atoms with Crippen LogP contribution >= 0.6 is 34.5 Å². The van der Waals surface area contributed by atoms with Gasteiger partial charge in [-0.05, 0) is 0 Å². The zero-order valence-corrected chi connectivity index (χ0v) is 11.8. The first-order chi connectivity index (χ1) is 9.08. The molecule has 0 bridgehead atoms. The maximum atomic E-state index is 11.0. The highest BCUT2D eigenvalue weighted by Gasteiger charge is 2.18. The highest BCUT2D eigenvalue weighted by Crippen LogP contribution is 2.16. The van der Waals surface area contributed by atoms with Gasteiger partial charge in [0.15, 0.2) is 5.13 Å². The minimum absolute atomic E-state index is 0.0805. The quantitative estimate of drug-likeness (QED) is 0.341. The molecule has 0 fully saturated rings. The highest BCUT2D eigenvalue weighted by molar-refractivity contribution is 7.14. The molecular formula is C9H9Cl2N3O4S. The molecule has 1 heterocycles. The Morgan fingerprint density at radius 1 is 1.53 bits per heavy atom. The predicted molar refractivity (Wildman–Crippen MR) is 72.3 cm³/mol. The van der Waals surface area contributed by atoms with Crippen molar-refractivity contribution in [1.82, 2.24) is 4.98 Å². The molecule has 0 aliphatic rings. The lowest BCUT2D eigenvalue weighted by molar-refractivity contribution is -0.129. The number of rotatable bonds is 7. The molecule has 0 saturated carbocycles. The third kappa shape index (κ3) is 5.01. The van der Waals surface area contributed by atoms with Gasteiger partial charge in [-0.25, -0.2) is 9.78 Å². The normalized spacial score (nSPS) is 11.2. The Kier molecular flexibility index (Phi) is 6.54. The first-order valence-corrected chi connectivity index (χ1v) is 6.84. The molecule has 0 saturated heterocycles. The number of nitrogens with zero attached hydrogens (tertiary/aromatic N) is 2. The summed E-state index contributed by atoms with van der Waals surface area (Å²) in [7, 11) is 0. The Hall–Kier alpha value is -1.38. The number of carboxylic acid groups (broad SMARTS) is 1. The Balaban J connectivity index is 2.83. The second kappa shape index (κ2) is 7.93. The van der Waals surface area contributed by atoms with Crippen molar-refractivity contribution in [2.75, 3.05) is 23.7 Å². The van der Waals surface area contributed by atoms with Crippen LogP contribution in [0.15, 0.2) is 10.5 Å². The summed E-state index contributed by atoms with van der Waals surface area (Å²) in [5.41, 5.74) is -0.287. The molecule has 0 aromatic carbocycles. The fourth-order valence-corrected chi connectivity index (χ4v) is 1.78. The van der Waals surface area contributed by atoms with E-state index in [4.69, 9.17) is 33.1 Å². The minimum atomic E-state index is -1.30. The second-order valence-corrected chi connectivity index (χ2v) is 4.49. The van der Waals surface area contributed by atoms with Crippen molar-refractivity contribution < 1.29 is 19.5 Å². The van der Waals surface area contributed by atoms with Crippen LogP contribution in [0.25, 0.3) is 0 Å². The number of carbonyl (C=O) groups excluding carboxylic acids is 1. The Labute approximate surface area is 122 Å². The average molecular weight is 326 g/mol. The van der Waals surface area contributed by atoms with E-state index in [0.717, 1.165) is 11.3 Å². The van der Waals surface area contributed by atoms with Crippen LogP contribution in [0.4, 0.5) is 5.13 Å². The number of anilines is 1. The van der Waals surface area contributed by atoms with Crippen LogP contribution in [0.1, 0.15) is 5.69 Å². The van der Waals surface area contributed by atoms with E-state index < -0.39 is 11.9 Å². The van der Waals surface area contributed by atoms with Gasteiger partial charge in [-0.2, -0.15) is 0 Å². The number of carbonyl (C=O) groups is 2. The summed E-state index contributed by atoms with van der Waals surface area (Å²) in [5.74, 6) is -1.76. The van der Waals surface area contributed by atoms with Crippen LogP contribution < -0.4 is 5.32 Å². The van der Waals surface area contributed by atoms with Crippen molar-refractivity contribution in [2.45, 2.75) is 0 Å². The van der Waals surface area contributed by atoms with Gasteiger partial charge in [-0.3, -0.25) is 4.79 Å². The van der Waals surface area contributed by atoms with E-state index in [0.29, 0.717) is 0 Å². The van der Waals surface area contributed by atoms with Crippen molar-refractivity contribution in [2.24, 2.45) is 5.16 Å². The van der Waals surface area contributed by atoms with Gasteiger partial charge in [0.1, 0.15) is 18.2 Å². The number of halogens is 2. The lowest BCUT2D eigenvalue weighted by Gasteiger charge is -1.98. The summed E-state index contributed by atoms with van der Waals surface area (Å²) in [6, 6.07) is 0. The number of aromatic nitrogens is 1. The summed E-state index contributed by atoms with van der Waals surface area (Å²) in [4.78, 5) is 30.6. The van der Waals surface area contributed by atoms with Crippen LogP contribution in [-0.2, 0) is 14.4 Å². The fraction of sp³-hybridized carbons (Fsp3) is 0.333. The highest BCUT2D eigenvalue weighted by atomic mass is 35.5. The molecule has 104 valence electrons. The summed E-state index contributed by atoms with van der Waals surface area (Å²) < 4.78 is 0. The molecule has 0 atom stereocenters. The topological polar surface area (TPSA) is 101 Å². The Morgan fingerprint density at radius 2 is 2.26 bits per heavy atom. The first kappa shape index (κ1) is 15.7. The molecule has 0 aliphatic carbocycles. The third-order valence-corrected chi connectivity index (χ3v) is 2.80. The lowest BCUT2D eigenvalue weighted by atomic mass is 10.3. The molecule has 1 aromatic rings. The van der Waals surface area contributed by atoms with Crippen LogP contribution in [0.5, 0.6) is 0 Å². The van der Waals surface area contributed by atoms with E-state index in [2.05, 4.69) is 15.5 Å². The third-order valence-electron chi connectivity index (χ3n) is 1.64. The molecular weight excluding hydrogens is 317 g/mol. The van der Waals surface area contributed by atoms with Gasteiger partial charge >= 0.3 is 5.97 Å². The largest absolute Gasteiger partial charge is 0.476 e. The lowest BCUT2D eigenvalue weighted by Crippen LogP contribution is -2.17. The predicted octanol–water partition coefficient (Wildman–Crippen LogP) is 1.36. The van der Waals surface area contributed by atoms with Gasteiger partial charge in [0.05, 0.1) is 5.88 Å². The van der Waals surface area contributed by atoms with Gasteiger partial charge < -0.3 is 15.3 Å². The molecule has 1 rings (SSSR count). The number of hydrogen-bond donors (Lipinski definition) is 2. The number of nitrogens with one attached hydrogen (secondary N) is 1. The van der Waals surface area contributed by atoms with Gasteiger partial charge in [0.2, 0.25) is 11.6 Å². The second-order valence-electron chi connectivity index (χ2n) is 2.99. The van der Waals surface area contributed by atoms with Gasteiger partial charge in [-0.1, -0.05) is 5.16 Å². The van der Waals surface area contributed by atoms with Gasteiger partial charge in [0, 0.05) is 5.38 Å². The van der Waals surface area contributed by atoms with Crippen LogP contribution in [-0.4, -0.2) is 46.0 Å². The van der Waals surface area contributed by atoms with E-state index in [1.165, 1.54) is 5.38 Å². The summed E-state index contributed by atoms with van der Waals surface area (Å²) in [5, 5.41) is 16.5. The molecule has 7 nitrogen and oxygen atoms in total. The van der Waals surface area contributed by atoms with Gasteiger partial charge in [0.25, 0.3) is 0 Å². The SMILES string of the molecule is O=C(CCl)Nc1nc(C(=NOCCCl)C(=O)O)cs1. The van der Waals surface area contributed by atoms with Crippen molar-refractivity contribution in [3.05, 3.63) is 11.1 Å². The summed E-state index contributed by atoms with van der Waals surface area (Å²) >= 11 is 11.7. The van der Waals surface area contributed by atoms with Crippen molar-refractivity contribution in [1.29, 1.82) is 0 Å². The monoisotopic (exact) mass is 325 g/mol. The van der Waals surface area contributed by atoms with E-state index >= 15 is 0 Å². The smallest absolute Gasteiger partial charge is 0.360 e. The molecule has 0 aliphatic heterocycles. The average Bonchev–Trinajstić information content (AvgIpc) is 2.82. The molecule has 1 aromatic heterocycles. The number of oxime groups is 1. The summed E-state index contributed by atoms with van der Waals surface area (Å²) in [6.45, 7) is 0.0817. The molecule has 0 spiro atoms. The zero-order chi connectivity index (χ0) is 14.3. The molecule has 2 N–H and O–H groups in total. The van der Waals surface area contributed by atoms with E-state index in [1.807, 2.05) is 0 Å². The fourth-order valence-electron chi connectivity index (χ4n) is 0.933. The van der Waals surface area contributed by atoms with Crippen molar-refractivity contribution in [3.63, 3.8) is 0 Å². The molecule has 1 amide bonds. The van der Waals surface area contributed by atoms with Gasteiger partial charge in [-0.15, -0.1) is 34.5 Å². The molecule has 10 heteroatoms. The molecule has 19 heavy (non-hydrogen) atoms. The summed E-state index contributed by atoms with van der Waals surface area (Å²) in [6.07, 6.45) is 0. The number of carboxylic acids is 1. The number of alkyl halides is 2. The zero-order valence-electron chi connectivity index (χ0n) is 9.43. The van der Waals surface area contributed by atoms with Crippen molar-refractivity contribution >= 4 is 57.3 Å². The molecule has 0 radical (unpaired) electrons. The van der Waals surface area contributed by atoms with Crippen LogP contribution in [0.2, 0.25) is 0 Å². The van der Waals surface area contributed by atoms with E-state index in [9.17, 15) is 9.59 Å². The number of amides is 1. The standard InChI is InChI=1S/C9H9Cl2N3O4S/c10-1-2-18-14-7(8(16)17)5-4-19-9(12-5)13-6(15)3-11/h4H,1-3H2,(H,16,17)(H,12,13,15). The van der Waals surface area contributed by atoms with E-state index in [-0.39, 0.29) is 34.9 Å². The number of hydrogen-bond acceptors (Lipinski definition) is 6.